The van der Waals surface area contributed by atoms with Crippen molar-refractivity contribution in [1.29, 1.82) is 0 Å². The van der Waals surface area contributed by atoms with Crippen molar-refractivity contribution in [1.82, 2.24) is 9.29 Å². The van der Waals surface area contributed by atoms with Crippen molar-refractivity contribution in [3.63, 3.8) is 0 Å². The number of nitrogens with two attached hydrogens (primary N) is 1. The Morgan fingerprint density at radius 3 is 2.67 bits per heavy atom. The van der Waals surface area contributed by atoms with Gasteiger partial charge in [0.25, 0.3) is 0 Å². The number of sulfonamides is 1. The number of pyridine rings is 1. The van der Waals surface area contributed by atoms with Gasteiger partial charge in [0.2, 0.25) is 10.0 Å². The van der Waals surface area contributed by atoms with Crippen LogP contribution in [0.3, 0.4) is 0 Å². The molecular formula is C11H18FN3O2S. The Hall–Kier alpha value is -1.05. The third-order valence-corrected chi connectivity index (χ3v) is 4.49. The van der Waals surface area contributed by atoms with Crippen LogP contribution in [0.5, 0.6) is 0 Å². The molecule has 1 aromatic rings. The molecule has 1 atom stereocenters. The second-order valence-corrected chi connectivity index (χ2v) is 6.07. The van der Waals surface area contributed by atoms with E-state index in [2.05, 4.69) is 4.98 Å². The first-order valence-corrected chi connectivity index (χ1v) is 7.16. The van der Waals surface area contributed by atoms with Crippen LogP contribution in [-0.2, 0) is 10.0 Å². The fourth-order valence-corrected chi connectivity index (χ4v) is 3.05. The van der Waals surface area contributed by atoms with Crippen LogP contribution in [0.15, 0.2) is 23.4 Å². The Labute approximate surface area is 107 Å². The summed E-state index contributed by atoms with van der Waals surface area (Å²) >= 11 is 0. The van der Waals surface area contributed by atoms with Gasteiger partial charge in [-0.05, 0) is 18.5 Å². The fraction of sp³-hybridized carbons (Fsp3) is 0.545. The average molecular weight is 275 g/mol. The zero-order chi connectivity index (χ0) is 13.8. The highest BCUT2D eigenvalue weighted by molar-refractivity contribution is 7.89. The molecule has 0 amide bonds. The smallest absolute Gasteiger partial charge is 0.244 e. The lowest BCUT2D eigenvalue weighted by Crippen LogP contribution is -2.36. The van der Waals surface area contributed by atoms with E-state index in [1.807, 2.05) is 6.92 Å². The third kappa shape index (κ3) is 3.47. The largest absolute Gasteiger partial charge is 0.330 e. The van der Waals surface area contributed by atoms with Gasteiger partial charge in [0.1, 0.15) is 10.7 Å². The van der Waals surface area contributed by atoms with Crippen LogP contribution in [0.2, 0.25) is 0 Å². The molecule has 0 fully saturated rings. The molecule has 18 heavy (non-hydrogen) atoms. The summed E-state index contributed by atoms with van der Waals surface area (Å²) in [6.07, 6.45) is 2.12. The summed E-state index contributed by atoms with van der Waals surface area (Å²) < 4.78 is 38.8. The zero-order valence-corrected chi connectivity index (χ0v) is 11.3. The predicted octanol–water partition coefficient (Wildman–Crippen LogP) is 0.826. The van der Waals surface area contributed by atoms with E-state index in [-0.39, 0.29) is 10.8 Å². The van der Waals surface area contributed by atoms with Crippen molar-refractivity contribution in [2.45, 2.75) is 18.7 Å². The molecular weight excluding hydrogens is 257 g/mol. The van der Waals surface area contributed by atoms with Gasteiger partial charge in [-0.25, -0.2) is 12.8 Å². The lowest BCUT2D eigenvalue weighted by molar-refractivity contribution is 0.370. The monoisotopic (exact) mass is 275 g/mol. The Kier molecular flexibility index (Phi) is 5.18. The molecule has 1 heterocycles. The molecule has 7 heteroatoms. The van der Waals surface area contributed by atoms with Gasteiger partial charge in [0.05, 0.1) is 6.20 Å². The van der Waals surface area contributed by atoms with E-state index in [1.54, 1.807) is 6.92 Å². The van der Waals surface area contributed by atoms with E-state index in [9.17, 15) is 12.8 Å². The highest BCUT2D eigenvalue weighted by Crippen LogP contribution is 2.16. The zero-order valence-electron chi connectivity index (χ0n) is 10.5. The van der Waals surface area contributed by atoms with E-state index in [4.69, 9.17) is 5.73 Å². The highest BCUT2D eigenvalue weighted by Gasteiger charge is 2.24. The Morgan fingerprint density at radius 1 is 1.50 bits per heavy atom. The number of nitrogens with zero attached hydrogens (tertiary/aromatic N) is 2. The van der Waals surface area contributed by atoms with E-state index in [0.29, 0.717) is 19.6 Å². The van der Waals surface area contributed by atoms with Gasteiger partial charge in [-0.15, -0.1) is 0 Å². The van der Waals surface area contributed by atoms with Crippen LogP contribution >= 0.6 is 0 Å². The molecule has 102 valence electrons. The summed E-state index contributed by atoms with van der Waals surface area (Å²) in [7, 11) is -3.70. The number of hydrogen-bond donors (Lipinski definition) is 1. The van der Waals surface area contributed by atoms with E-state index < -0.39 is 15.8 Å². The molecule has 2 N–H and O–H groups in total. The number of hydrogen-bond acceptors (Lipinski definition) is 4. The highest BCUT2D eigenvalue weighted by atomic mass is 32.2. The molecule has 0 saturated carbocycles. The van der Waals surface area contributed by atoms with Crippen molar-refractivity contribution < 1.29 is 12.8 Å². The lowest BCUT2D eigenvalue weighted by atomic mass is 10.2. The van der Waals surface area contributed by atoms with Gasteiger partial charge in [0.15, 0.2) is 0 Å². The Balaban J connectivity index is 3.03. The topological polar surface area (TPSA) is 76.3 Å². The number of halogens is 1. The van der Waals surface area contributed by atoms with Crippen molar-refractivity contribution in [2.24, 2.45) is 11.7 Å². The van der Waals surface area contributed by atoms with Crippen molar-refractivity contribution in [2.75, 3.05) is 19.6 Å². The maximum atomic E-state index is 13.0. The van der Waals surface area contributed by atoms with Gasteiger partial charge >= 0.3 is 0 Å². The lowest BCUT2D eigenvalue weighted by Gasteiger charge is -2.23. The number of aromatic nitrogens is 1. The fourth-order valence-electron chi connectivity index (χ4n) is 1.50. The first-order chi connectivity index (χ1) is 8.41. The SMILES string of the molecule is CCN(CC(C)CN)S(=O)(=O)c1cncc(F)c1. The molecule has 0 radical (unpaired) electrons. The summed E-state index contributed by atoms with van der Waals surface area (Å²) in [4.78, 5) is 3.43. The maximum absolute atomic E-state index is 13.0. The Bertz CT molecular complexity index is 493. The first kappa shape index (κ1) is 15.0. The van der Waals surface area contributed by atoms with Crippen molar-refractivity contribution in [3.05, 3.63) is 24.3 Å². The van der Waals surface area contributed by atoms with Crippen LogP contribution in [-0.4, -0.2) is 37.3 Å². The van der Waals surface area contributed by atoms with Crippen LogP contribution in [0.1, 0.15) is 13.8 Å². The molecule has 0 aliphatic carbocycles. The predicted molar refractivity (Wildman–Crippen MR) is 66.8 cm³/mol. The summed E-state index contributed by atoms with van der Waals surface area (Å²) in [6, 6.07) is 0.970. The maximum Gasteiger partial charge on any atom is 0.244 e. The molecule has 5 nitrogen and oxygen atoms in total. The molecule has 1 unspecified atom stereocenters. The summed E-state index contributed by atoms with van der Waals surface area (Å²) in [5.41, 5.74) is 5.49. The summed E-state index contributed by atoms with van der Waals surface area (Å²) in [5.74, 6) is -0.625. The minimum atomic E-state index is -3.70. The molecule has 0 bridgehead atoms. The Morgan fingerprint density at radius 2 is 2.17 bits per heavy atom. The standard InChI is InChI=1S/C11H18FN3O2S/c1-3-15(8-9(2)5-13)18(16,17)11-4-10(12)6-14-7-11/h4,6-7,9H,3,5,8,13H2,1-2H3. The van der Waals surface area contributed by atoms with E-state index in [1.165, 1.54) is 4.31 Å². The molecule has 1 aromatic heterocycles. The van der Waals surface area contributed by atoms with Gasteiger partial charge in [-0.3, -0.25) is 4.98 Å². The number of rotatable bonds is 6. The summed E-state index contributed by atoms with van der Waals surface area (Å²) in [6.45, 7) is 4.61. The van der Waals surface area contributed by atoms with Gasteiger partial charge in [0, 0.05) is 19.3 Å². The minimum Gasteiger partial charge on any atom is -0.330 e. The quantitative estimate of drug-likeness (QED) is 0.834. The molecule has 0 aromatic carbocycles. The summed E-state index contributed by atoms with van der Waals surface area (Å²) in [5, 5.41) is 0. The van der Waals surface area contributed by atoms with Crippen molar-refractivity contribution >= 4 is 10.0 Å². The van der Waals surface area contributed by atoms with Gasteiger partial charge < -0.3 is 5.73 Å². The van der Waals surface area contributed by atoms with Crippen LogP contribution < -0.4 is 5.73 Å². The molecule has 0 aliphatic rings. The van der Waals surface area contributed by atoms with Crippen LogP contribution in [0.4, 0.5) is 4.39 Å². The van der Waals surface area contributed by atoms with Gasteiger partial charge in [-0.1, -0.05) is 13.8 Å². The molecule has 0 aliphatic heterocycles. The first-order valence-electron chi connectivity index (χ1n) is 5.72. The van der Waals surface area contributed by atoms with Crippen LogP contribution in [0.25, 0.3) is 0 Å². The van der Waals surface area contributed by atoms with Crippen molar-refractivity contribution in [3.8, 4) is 0 Å². The van der Waals surface area contributed by atoms with Gasteiger partial charge in [-0.2, -0.15) is 4.31 Å². The minimum absolute atomic E-state index is 0.0428. The average Bonchev–Trinajstić information content (AvgIpc) is 2.35. The second-order valence-electron chi connectivity index (χ2n) is 4.14. The van der Waals surface area contributed by atoms with E-state index >= 15 is 0 Å². The second kappa shape index (κ2) is 6.21. The van der Waals surface area contributed by atoms with E-state index in [0.717, 1.165) is 18.5 Å². The molecule has 0 spiro atoms. The molecule has 0 saturated heterocycles. The normalized spacial score (nSPS) is 13.8. The third-order valence-electron chi connectivity index (χ3n) is 2.59. The van der Waals surface area contributed by atoms with Crippen LogP contribution in [0, 0.1) is 11.7 Å². The molecule has 1 rings (SSSR count).